The molecule has 0 aliphatic heterocycles. The number of hydrogen-bond donors (Lipinski definition) is 0. The van der Waals surface area contributed by atoms with Gasteiger partial charge in [0.1, 0.15) is 0 Å². The fourth-order valence-electron chi connectivity index (χ4n) is 4.76. The molecule has 0 aromatic heterocycles. The Morgan fingerprint density at radius 3 is 1.00 bits per heavy atom. The Kier molecular flexibility index (Phi) is 7.12. The zero-order chi connectivity index (χ0) is 17.8. The van der Waals surface area contributed by atoms with Gasteiger partial charge in [0.25, 0.3) is 0 Å². The molecule has 0 aliphatic carbocycles. The van der Waals surface area contributed by atoms with Crippen LogP contribution in [0.3, 0.4) is 0 Å². The highest BCUT2D eigenvalue weighted by molar-refractivity contribution is 9.10. The second kappa shape index (κ2) is 8.48. The van der Waals surface area contributed by atoms with Crippen LogP contribution in [0, 0.1) is 0 Å². The molecule has 0 atom stereocenters. The van der Waals surface area contributed by atoms with E-state index < -0.39 is 15.2 Å². The molecule has 130 valence electrons. The summed E-state index contributed by atoms with van der Waals surface area (Å²) >= 11 is 7.23. The van der Waals surface area contributed by atoms with Crippen molar-refractivity contribution in [2.24, 2.45) is 0 Å². The molecule has 2 aromatic carbocycles. The van der Waals surface area contributed by atoms with E-state index in [0.717, 1.165) is 0 Å². The van der Waals surface area contributed by atoms with Gasteiger partial charge in [0.2, 0.25) is 0 Å². The minimum atomic E-state index is -1.58. The van der Waals surface area contributed by atoms with Crippen LogP contribution in [-0.4, -0.2) is 15.2 Å². The monoisotopic (exact) mass is 482 g/mol. The highest BCUT2D eigenvalue weighted by Gasteiger charge is 2.52. The number of benzene rings is 2. The first kappa shape index (κ1) is 20.1. The molecule has 0 aliphatic rings. The summed E-state index contributed by atoms with van der Waals surface area (Å²) in [7, 11) is -3.16. The molecule has 0 bridgehead atoms. The summed E-state index contributed by atoms with van der Waals surface area (Å²) in [5.41, 5.74) is 0. The molecule has 0 saturated heterocycles. The number of rotatable bonds is 7. The van der Waals surface area contributed by atoms with E-state index in [1.54, 1.807) is 10.4 Å². The molecule has 0 spiro atoms. The maximum Gasteiger partial charge on any atom is 0.0850 e. The number of halogens is 2. The Balaban J connectivity index is 2.71. The lowest BCUT2D eigenvalue weighted by Crippen LogP contribution is -2.74. The van der Waals surface area contributed by atoms with Gasteiger partial charge in [-0.05, 0) is 24.3 Å². The van der Waals surface area contributed by atoms with E-state index in [0.29, 0.717) is 0 Å². The first-order chi connectivity index (χ1) is 11.5. The van der Waals surface area contributed by atoms with Gasteiger partial charge in [-0.3, -0.25) is 0 Å². The van der Waals surface area contributed by atoms with Gasteiger partial charge >= 0.3 is 0 Å². The van der Waals surface area contributed by atoms with Crippen molar-refractivity contribution < 1.29 is 0 Å². The van der Waals surface area contributed by atoms with Crippen LogP contribution < -0.4 is 10.4 Å². The van der Waals surface area contributed by atoms with Crippen LogP contribution in [0.15, 0.2) is 57.5 Å². The van der Waals surface area contributed by atoms with E-state index in [2.05, 4.69) is 108 Å². The van der Waals surface area contributed by atoms with Crippen LogP contribution in [-0.2, 0) is 0 Å². The van der Waals surface area contributed by atoms with Crippen LogP contribution in [0.5, 0.6) is 0 Å². The molecular weight excluding hydrogens is 456 g/mol. The van der Waals surface area contributed by atoms with E-state index in [9.17, 15) is 0 Å². The lowest BCUT2D eigenvalue weighted by molar-refractivity contribution is 1.24. The van der Waals surface area contributed by atoms with Crippen molar-refractivity contribution in [3.63, 3.8) is 0 Å². The molecule has 0 amide bonds. The summed E-state index contributed by atoms with van der Waals surface area (Å²) in [4.78, 5) is 0. The Morgan fingerprint density at radius 2 is 0.792 bits per heavy atom. The maximum atomic E-state index is 3.62. The van der Waals surface area contributed by atoms with Gasteiger partial charge < -0.3 is 0 Å². The summed E-state index contributed by atoms with van der Waals surface area (Å²) in [6.07, 6.45) is 0. The molecule has 0 fully saturated rings. The van der Waals surface area contributed by atoms with E-state index in [4.69, 9.17) is 0 Å². The van der Waals surface area contributed by atoms with Crippen molar-refractivity contribution in [3.05, 3.63) is 57.5 Å². The number of hydrogen-bond acceptors (Lipinski definition) is 0. The van der Waals surface area contributed by atoms with E-state index in [1.165, 1.54) is 33.1 Å². The van der Waals surface area contributed by atoms with Gasteiger partial charge in [0.05, 0.1) is 15.2 Å². The third kappa shape index (κ3) is 3.40. The van der Waals surface area contributed by atoms with Gasteiger partial charge in [0, 0.05) is 8.95 Å². The van der Waals surface area contributed by atoms with Crippen LogP contribution >= 0.6 is 31.9 Å². The Morgan fingerprint density at radius 1 is 0.542 bits per heavy atom. The second-order valence-corrected chi connectivity index (χ2v) is 22.5. The van der Waals surface area contributed by atoms with Crippen LogP contribution in [0.4, 0.5) is 0 Å². The van der Waals surface area contributed by atoms with Gasteiger partial charge in [-0.25, -0.2) is 0 Å². The fourth-order valence-corrected chi connectivity index (χ4v) is 25.8. The van der Waals surface area contributed by atoms with Gasteiger partial charge in [-0.2, -0.15) is 0 Å². The van der Waals surface area contributed by atoms with E-state index in [1.807, 2.05) is 0 Å². The predicted octanol–water partition coefficient (Wildman–Crippen LogP) is 6.38. The van der Waals surface area contributed by atoms with E-state index in [-0.39, 0.29) is 0 Å². The first-order valence-electron chi connectivity index (χ1n) is 9.01. The van der Waals surface area contributed by atoms with Crippen molar-refractivity contribution in [1.82, 2.24) is 0 Å². The standard InChI is InChI=1S/C20H28Br2Si2/c1-5-23(6-2,19-13-9-17(21)10-14-19)24(7-3,8-4)20-15-11-18(22)12-16-20/h9-16H,5-8H2,1-4H3. The zero-order valence-electron chi connectivity index (χ0n) is 15.2. The molecule has 0 unspecified atom stereocenters. The minimum absolute atomic E-state index is 1.19. The normalized spacial score (nSPS) is 12.4. The molecule has 4 heteroatoms. The van der Waals surface area contributed by atoms with Crippen molar-refractivity contribution in [3.8, 4) is 0 Å². The molecule has 0 nitrogen and oxygen atoms in total. The highest BCUT2D eigenvalue weighted by Crippen LogP contribution is 2.33. The van der Waals surface area contributed by atoms with E-state index >= 15 is 0 Å². The summed E-state index contributed by atoms with van der Waals surface area (Å²) in [5.74, 6) is 0. The Hall–Kier alpha value is -0.166. The molecule has 0 radical (unpaired) electrons. The molecule has 2 rings (SSSR count). The topological polar surface area (TPSA) is 0 Å². The van der Waals surface area contributed by atoms with Crippen molar-refractivity contribution in [1.29, 1.82) is 0 Å². The smallest absolute Gasteiger partial charge is 0.0677 e. The summed E-state index contributed by atoms with van der Waals surface area (Å²) < 4.78 is 2.37. The van der Waals surface area contributed by atoms with Gasteiger partial charge in [0.15, 0.2) is 0 Å². The summed E-state index contributed by atoms with van der Waals surface area (Å²) in [6.45, 7) is 9.79. The first-order valence-corrected chi connectivity index (χ1v) is 16.4. The lowest BCUT2D eigenvalue weighted by atomic mass is 10.4. The van der Waals surface area contributed by atoms with Crippen molar-refractivity contribution in [2.45, 2.75) is 51.9 Å². The molecule has 2 aromatic rings. The Labute approximate surface area is 166 Å². The van der Waals surface area contributed by atoms with Crippen molar-refractivity contribution in [2.75, 3.05) is 0 Å². The molecular formula is C20H28Br2Si2. The molecule has 0 saturated carbocycles. The Bertz CT molecular complexity index is 583. The SMILES string of the molecule is CC[Si](CC)(c1ccc(Br)cc1)[Si](CC)(CC)c1ccc(Br)cc1. The summed E-state index contributed by atoms with van der Waals surface area (Å²) in [5, 5.41) is 3.32. The lowest BCUT2D eigenvalue weighted by Gasteiger charge is -2.48. The van der Waals surface area contributed by atoms with Gasteiger partial charge in [-0.1, -0.05) is 118 Å². The second-order valence-electron chi connectivity index (χ2n) is 6.59. The average molecular weight is 484 g/mol. The predicted molar refractivity (Wildman–Crippen MR) is 121 cm³/mol. The molecule has 0 N–H and O–H groups in total. The maximum absolute atomic E-state index is 3.62. The third-order valence-corrected chi connectivity index (χ3v) is 28.2. The fraction of sp³-hybridized carbons (Fsp3) is 0.400. The van der Waals surface area contributed by atoms with Crippen molar-refractivity contribution >= 4 is 57.4 Å². The summed E-state index contributed by atoms with van der Waals surface area (Å²) in [6, 6.07) is 24.0. The van der Waals surface area contributed by atoms with Crippen LogP contribution in [0.2, 0.25) is 24.2 Å². The van der Waals surface area contributed by atoms with Crippen LogP contribution in [0.25, 0.3) is 0 Å². The quantitative estimate of drug-likeness (QED) is 0.400. The van der Waals surface area contributed by atoms with Gasteiger partial charge in [-0.15, -0.1) is 0 Å². The zero-order valence-corrected chi connectivity index (χ0v) is 20.4. The minimum Gasteiger partial charge on any atom is -0.0677 e. The molecule has 24 heavy (non-hydrogen) atoms. The molecule has 0 heterocycles. The average Bonchev–Trinajstić information content (AvgIpc) is 2.62. The highest BCUT2D eigenvalue weighted by atomic mass is 79.9. The largest absolute Gasteiger partial charge is 0.0850 e. The van der Waals surface area contributed by atoms with Crippen LogP contribution in [0.1, 0.15) is 27.7 Å². The third-order valence-electron chi connectivity index (χ3n) is 6.12.